The second-order valence-electron chi connectivity index (χ2n) is 4.56. The summed E-state index contributed by atoms with van der Waals surface area (Å²) >= 11 is 3.35. The fraction of sp³-hybridized carbons (Fsp3) is 0.571. The van der Waals surface area contributed by atoms with Crippen molar-refractivity contribution in [3.8, 4) is 5.88 Å². The van der Waals surface area contributed by atoms with Crippen molar-refractivity contribution in [3.63, 3.8) is 0 Å². The Morgan fingerprint density at radius 2 is 2.26 bits per heavy atom. The van der Waals surface area contributed by atoms with E-state index in [2.05, 4.69) is 26.2 Å². The van der Waals surface area contributed by atoms with Gasteiger partial charge in [-0.3, -0.25) is 4.79 Å². The van der Waals surface area contributed by atoms with Gasteiger partial charge in [-0.1, -0.05) is 22.0 Å². The molecule has 106 valence electrons. The van der Waals surface area contributed by atoms with E-state index in [0.29, 0.717) is 18.8 Å². The Balaban J connectivity index is 2.46. The van der Waals surface area contributed by atoms with Gasteiger partial charge < -0.3 is 10.1 Å². The van der Waals surface area contributed by atoms with E-state index >= 15 is 0 Å². The van der Waals surface area contributed by atoms with E-state index in [-0.39, 0.29) is 12.0 Å². The number of pyridine rings is 1. The summed E-state index contributed by atoms with van der Waals surface area (Å²) in [7, 11) is 0. The van der Waals surface area contributed by atoms with Crippen LogP contribution in [-0.2, 0) is 11.3 Å². The third-order valence-electron chi connectivity index (χ3n) is 2.46. The maximum absolute atomic E-state index is 11.6. The standard InChI is InChI=1S/C14H21BrN2O2/c1-11(2)19-14-12(6-5-9-16-14)10-17-13(18)7-3-4-8-15/h5-6,9,11H,3-4,7-8,10H2,1-2H3,(H,17,18). The zero-order valence-electron chi connectivity index (χ0n) is 11.5. The van der Waals surface area contributed by atoms with Gasteiger partial charge in [-0.15, -0.1) is 0 Å². The molecule has 0 bridgehead atoms. The minimum Gasteiger partial charge on any atom is -0.475 e. The Morgan fingerprint density at radius 1 is 1.47 bits per heavy atom. The molecular formula is C14H21BrN2O2. The first kappa shape index (κ1) is 16.0. The Kier molecular flexibility index (Phi) is 7.48. The Morgan fingerprint density at radius 3 is 2.95 bits per heavy atom. The fourth-order valence-electron chi connectivity index (χ4n) is 1.55. The zero-order valence-corrected chi connectivity index (χ0v) is 13.1. The molecule has 0 unspecified atom stereocenters. The average molecular weight is 329 g/mol. The molecule has 1 rings (SSSR count). The number of nitrogens with one attached hydrogen (secondary N) is 1. The highest BCUT2D eigenvalue weighted by Gasteiger charge is 2.08. The molecule has 1 aromatic heterocycles. The molecular weight excluding hydrogens is 308 g/mol. The monoisotopic (exact) mass is 328 g/mol. The minimum atomic E-state index is 0.0697. The van der Waals surface area contributed by atoms with Gasteiger partial charge in [0.1, 0.15) is 0 Å². The van der Waals surface area contributed by atoms with Crippen LogP contribution in [0, 0.1) is 0 Å². The van der Waals surface area contributed by atoms with Crippen LogP contribution in [0.1, 0.15) is 38.7 Å². The lowest BCUT2D eigenvalue weighted by molar-refractivity contribution is -0.121. The summed E-state index contributed by atoms with van der Waals surface area (Å²) in [5, 5.41) is 3.84. The molecule has 0 aliphatic carbocycles. The number of unbranched alkanes of at least 4 members (excludes halogenated alkanes) is 1. The summed E-state index contributed by atoms with van der Waals surface area (Å²) in [5.41, 5.74) is 0.907. The van der Waals surface area contributed by atoms with Gasteiger partial charge in [-0.2, -0.15) is 0 Å². The highest BCUT2D eigenvalue weighted by Crippen LogP contribution is 2.15. The van der Waals surface area contributed by atoms with E-state index in [1.54, 1.807) is 6.20 Å². The van der Waals surface area contributed by atoms with Crippen molar-refractivity contribution in [2.24, 2.45) is 0 Å². The summed E-state index contributed by atoms with van der Waals surface area (Å²) in [6.45, 7) is 4.37. The summed E-state index contributed by atoms with van der Waals surface area (Å²) in [6.07, 6.45) is 4.25. The molecule has 0 fully saturated rings. The van der Waals surface area contributed by atoms with Crippen LogP contribution in [-0.4, -0.2) is 22.3 Å². The lowest BCUT2D eigenvalue weighted by Crippen LogP contribution is -2.23. The second-order valence-corrected chi connectivity index (χ2v) is 5.35. The summed E-state index contributed by atoms with van der Waals surface area (Å²) < 4.78 is 5.61. The van der Waals surface area contributed by atoms with E-state index in [9.17, 15) is 4.79 Å². The number of hydrogen-bond donors (Lipinski definition) is 1. The number of alkyl halides is 1. The quantitative estimate of drug-likeness (QED) is 0.589. The molecule has 0 aliphatic heterocycles. The molecule has 1 N–H and O–H groups in total. The molecule has 1 heterocycles. The number of carbonyl (C=O) groups excluding carboxylic acids is 1. The number of ether oxygens (including phenoxy) is 1. The average Bonchev–Trinajstić information content (AvgIpc) is 2.37. The largest absolute Gasteiger partial charge is 0.475 e. The van der Waals surface area contributed by atoms with Crippen molar-refractivity contribution in [2.75, 3.05) is 5.33 Å². The van der Waals surface area contributed by atoms with Gasteiger partial charge in [0, 0.05) is 30.1 Å². The Bertz CT molecular complexity index is 397. The highest BCUT2D eigenvalue weighted by molar-refractivity contribution is 9.09. The van der Waals surface area contributed by atoms with Crippen LogP contribution in [0.5, 0.6) is 5.88 Å². The predicted octanol–water partition coefficient (Wildman–Crippen LogP) is 3.05. The molecule has 19 heavy (non-hydrogen) atoms. The topological polar surface area (TPSA) is 51.2 Å². The van der Waals surface area contributed by atoms with Crippen LogP contribution >= 0.6 is 15.9 Å². The summed E-state index contributed by atoms with van der Waals surface area (Å²) in [5.74, 6) is 0.665. The number of nitrogens with zero attached hydrogens (tertiary/aromatic N) is 1. The highest BCUT2D eigenvalue weighted by atomic mass is 79.9. The first-order valence-electron chi connectivity index (χ1n) is 6.56. The van der Waals surface area contributed by atoms with Crippen molar-refractivity contribution in [3.05, 3.63) is 23.9 Å². The summed E-state index contributed by atoms with van der Waals surface area (Å²) in [6, 6.07) is 3.77. The van der Waals surface area contributed by atoms with Crippen LogP contribution < -0.4 is 10.1 Å². The van der Waals surface area contributed by atoms with E-state index in [1.165, 1.54) is 0 Å². The lowest BCUT2D eigenvalue weighted by atomic mass is 10.2. The van der Waals surface area contributed by atoms with Gasteiger partial charge in [0.15, 0.2) is 0 Å². The molecule has 0 aromatic carbocycles. The molecule has 1 aromatic rings. The molecule has 0 radical (unpaired) electrons. The van der Waals surface area contributed by atoms with Crippen molar-refractivity contribution in [1.82, 2.24) is 10.3 Å². The van der Waals surface area contributed by atoms with Gasteiger partial charge in [-0.25, -0.2) is 4.98 Å². The van der Waals surface area contributed by atoms with Crippen LogP contribution in [0.3, 0.4) is 0 Å². The molecule has 0 spiro atoms. The molecule has 0 saturated carbocycles. The van der Waals surface area contributed by atoms with Crippen LogP contribution in [0.2, 0.25) is 0 Å². The van der Waals surface area contributed by atoms with E-state index in [1.807, 2.05) is 26.0 Å². The Labute approximate surface area is 123 Å². The maximum atomic E-state index is 11.6. The van der Waals surface area contributed by atoms with Crippen molar-refractivity contribution >= 4 is 21.8 Å². The predicted molar refractivity (Wildman–Crippen MR) is 79.5 cm³/mol. The van der Waals surface area contributed by atoms with Crippen LogP contribution in [0.4, 0.5) is 0 Å². The first-order valence-corrected chi connectivity index (χ1v) is 7.69. The minimum absolute atomic E-state index is 0.0697. The second kappa shape index (κ2) is 8.91. The van der Waals surface area contributed by atoms with E-state index in [0.717, 1.165) is 23.7 Å². The first-order chi connectivity index (χ1) is 9.13. The molecule has 5 heteroatoms. The van der Waals surface area contributed by atoms with Gasteiger partial charge in [-0.05, 0) is 32.8 Å². The maximum Gasteiger partial charge on any atom is 0.220 e. The Hall–Kier alpha value is -1.10. The molecule has 0 saturated heterocycles. The van der Waals surface area contributed by atoms with E-state index in [4.69, 9.17) is 4.74 Å². The number of rotatable bonds is 8. The molecule has 0 atom stereocenters. The zero-order chi connectivity index (χ0) is 14.1. The van der Waals surface area contributed by atoms with Gasteiger partial charge in [0.2, 0.25) is 11.8 Å². The molecule has 1 amide bonds. The number of carbonyl (C=O) groups is 1. The third kappa shape index (κ3) is 6.57. The number of hydrogen-bond acceptors (Lipinski definition) is 3. The number of amides is 1. The smallest absolute Gasteiger partial charge is 0.220 e. The third-order valence-corrected chi connectivity index (χ3v) is 3.02. The van der Waals surface area contributed by atoms with Crippen LogP contribution in [0.15, 0.2) is 18.3 Å². The fourth-order valence-corrected chi connectivity index (χ4v) is 1.95. The SMILES string of the molecule is CC(C)Oc1ncccc1CNC(=O)CCCCBr. The number of halogens is 1. The van der Waals surface area contributed by atoms with Gasteiger partial charge >= 0.3 is 0 Å². The molecule has 0 aliphatic rings. The molecule has 4 nitrogen and oxygen atoms in total. The van der Waals surface area contributed by atoms with Gasteiger partial charge in [0.25, 0.3) is 0 Å². The normalized spacial score (nSPS) is 10.5. The number of aromatic nitrogens is 1. The van der Waals surface area contributed by atoms with Gasteiger partial charge in [0.05, 0.1) is 6.10 Å². The van der Waals surface area contributed by atoms with Crippen LogP contribution in [0.25, 0.3) is 0 Å². The summed E-state index contributed by atoms with van der Waals surface area (Å²) in [4.78, 5) is 15.8. The van der Waals surface area contributed by atoms with Crippen molar-refractivity contribution in [1.29, 1.82) is 0 Å². The van der Waals surface area contributed by atoms with Crippen molar-refractivity contribution in [2.45, 2.75) is 45.8 Å². The lowest BCUT2D eigenvalue weighted by Gasteiger charge is -2.13. The van der Waals surface area contributed by atoms with E-state index < -0.39 is 0 Å². The van der Waals surface area contributed by atoms with Crippen molar-refractivity contribution < 1.29 is 9.53 Å².